The molecule has 1 aromatic carbocycles. The maximum Gasteiger partial charge on any atom is 0.363 e. The van der Waals surface area contributed by atoms with Gasteiger partial charge in [0, 0.05) is 17.5 Å². The summed E-state index contributed by atoms with van der Waals surface area (Å²) in [5, 5.41) is 24.0. The lowest BCUT2D eigenvalue weighted by Crippen LogP contribution is -2.19. The molecule has 9 nitrogen and oxygen atoms in total. The summed E-state index contributed by atoms with van der Waals surface area (Å²) in [5.74, 6) is -0.883. The minimum Gasteiger partial charge on any atom is -0.456 e. The predicted octanol–water partition coefficient (Wildman–Crippen LogP) is 1.56. The molecular weight excluding hydrogens is 312 g/mol. The SMILES string of the molecule is Nc1nc(C(=NO)C(=O)OCc2ccc([N+](=O)[O-])cc2)cs1. The van der Waals surface area contributed by atoms with E-state index in [0.717, 1.165) is 11.3 Å². The van der Waals surface area contributed by atoms with Crippen LogP contribution in [0.5, 0.6) is 0 Å². The summed E-state index contributed by atoms with van der Waals surface area (Å²) < 4.78 is 4.97. The van der Waals surface area contributed by atoms with Gasteiger partial charge in [0.05, 0.1) is 4.92 Å². The number of rotatable bonds is 5. The maximum atomic E-state index is 11.8. The standard InChI is InChI=1S/C12H10N4O5S/c13-12-14-9(6-22-12)10(15-18)11(17)21-5-7-1-3-8(4-2-7)16(19)20/h1-4,6,18H,5H2,(H2,13,14). The van der Waals surface area contributed by atoms with Crippen molar-refractivity contribution in [1.82, 2.24) is 4.98 Å². The number of hydrogen-bond acceptors (Lipinski definition) is 9. The summed E-state index contributed by atoms with van der Waals surface area (Å²) in [4.78, 5) is 25.7. The number of nitro benzene ring substituents is 1. The fourth-order valence-electron chi connectivity index (χ4n) is 1.52. The Labute approximate surface area is 127 Å². The van der Waals surface area contributed by atoms with Crippen molar-refractivity contribution in [3.05, 3.63) is 51.0 Å². The van der Waals surface area contributed by atoms with E-state index in [1.807, 2.05) is 0 Å². The molecule has 0 amide bonds. The lowest BCUT2D eigenvalue weighted by molar-refractivity contribution is -0.384. The Morgan fingerprint density at radius 1 is 1.45 bits per heavy atom. The third-order valence-corrected chi connectivity index (χ3v) is 3.25. The number of hydrogen-bond donors (Lipinski definition) is 2. The number of nitrogens with zero attached hydrogens (tertiary/aromatic N) is 3. The molecule has 0 atom stereocenters. The first kappa shape index (κ1) is 15.4. The van der Waals surface area contributed by atoms with Crippen molar-refractivity contribution in [2.45, 2.75) is 6.61 Å². The van der Waals surface area contributed by atoms with Crippen molar-refractivity contribution in [2.75, 3.05) is 5.73 Å². The van der Waals surface area contributed by atoms with Crippen LogP contribution < -0.4 is 5.73 Å². The van der Waals surface area contributed by atoms with Crippen molar-refractivity contribution in [1.29, 1.82) is 0 Å². The van der Waals surface area contributed by atoms with Crippen LogP contribution in [0.4, 0.5) is 10.8 Å². The molecule has 0 aliphatic heterocycles. The highest BCUT2D eigenvalue weighted by molar-refractivity contribution is 7.13. The summed E-state index contributed by atoms with van der Waals surface area (Å²) in [5.41, 5.74) is 5.67. The molecule has 114 valence electrons. The number of benzene rings is 1. The van der Waals surface area contributed by atoms with E-state index in [0.29, 0.717) is 5.56 Å². The molecule has 22 heavy (non-hydrogen) atoms. The summed E-state index contributed by atoms with van der Waals surface area (Å²) in [6.45, 7) is -0.129. The number of carbonyl (C=O) groups is 1. The minimum absolute atomic E-state index is 0.0642. The van der Waals surface area contributed by atoms with Crippen LogP contribution in [-0.4, -0.2) is 26.8 Å². The van der Waals surface area contributed by atoms with Crippen molar-refractivity contribution in [3.63, 3.8) is 0 Å². The fourth-order valence-corrected chi connectivity index (χ4v) is 2.07. The number of ether oxygens (including phenoxy) is 1. The smallest absolute Gasteiger partial charge is 0.363 e. The Bertz CT molecular complexity index is 725. The molecule has 0 radical (unpaired) electrons. The highest BCUT2D eigenvalue weighted by Crippen LogP contribution is 2.15. The number of non-ortho nitro benzene ring substituents is 1. The van der Waals surface area contributed by atoms with E-state index in [4.69, 9.17) is 15.7 Å². The van der Waals surface area contributed by atoms with Gasteiger partial charge in [0.1, 0.15) is 12.3 Å². The first-order valence-electron chi connectivity index (χ1n) is 5.85. The van der Waals surface area contributed by atoms with E-state index >= 15 is 0 Å². The molecule has 0 saturated heterocycles. The molecule has 10 heteroatoms. The van der Waals surface area contributed by atoms with Gasteiger partial charge in [-0.05, 0) is 17.7 Å². The predicted molar refractivity (Wildman–Crippen MR) is 77.7 cm³/mol. The fraction of sp³-hybridized carbons (Fsp3) is 0.0833. The molecule has 3 N–H and O–H groups in total. The van der Waals surface area contributed by atoms with Crippen molar-refractivity contribution >= 4 is 33.8 Å². The van der Waals surface area contributed by atoms with E-state index in [1.54, 1.807) is 0 Å². The molecule has 1 aromatic heterocycles. The van der Waals surface area contributed by atoms with Gasteiger partial charge in [-0.1, -0.05) is 5.16 Å². The number of thiazole rings is 1. The van der Waals surface area contributed by atoms with Crippen LogP contribution in [0.15, 0.2) is 34.8 Å². The van der Waals surface area contributed by atoms with Crippen LogP contribution >= 0.6 is 11.3 Å². The maximum absolute atomic E-state index is 11.8. The minimum atomic E-state index is -0.883. The first-order valence-corrected chi connectivity index (χ1v) is 6.73. The van der Waals surface area contributed by atoms with Crippen LogP contribution in [0.3, 0.4) is 0 Å². The van der Waals surface area contributed by atoms with Crippen LogP contribution in [-0.2, 0) is 16.1 Å². The number of nitrogens with two attached hydrogens (primary N) is 1. The third kappa shape index (κ3) is 3.55. The summed E-state index contributed by atoms with van der Waals surface area (Å²) in [7, 11) is 0. The lowest BCUT2D eigenvalue weighted by atomic mass is 10.2. The van der Waals surface area contributed by atoms with Crippen molar-refractivity contribution < 1.29 is 19.7 Å². The van der Waals surface area contributed by atoms with Crippen LogP contribution in [0.2, 0.25) is 0 Å². The van der Waals surface area contributed by atoms with E-state index in [-0.39, 0.29) is 28.8 Å². The lowest BCUT2D eigenvalue weighted by Gasteiger charge is -2.04. The molecule has 0 aliphatic carbocycles. The average molecular weight is 322 g/mol. The highest BCUT2D eigenvalue weighted by atomic mass is 32.1. The highest BCUT2D eigenvalue weighted by Gasteiger charge is 2.19. The average Bonchev–Trinajstić information content (AvgIpc) is 2.92. The van der Waals surface area contributed by atoms with Gasteiger partial charge >= 0.3 is 5.97 Å². The Kier molecular flexibility index (Phi) is 4.63. The molecule has 0 saturated carbocycles. The molecule has 2 rings (SSSR count). The Morgan fingerprint density at radius 2 is 2.14 bits per heavy atom. The topological polar surface area (TPSA) is 141 Å². The van der Waals surface area contributed by atoms with Crippen molar-refractivity contribution in [3.8, 4) is 0 Å². The van der Waals surface area contributed by atoms with Gasteiger partial charge in [0.25, 0.3) is 5.69 Å². The van der Waals surface area contributed by atoms with Gasteiger partial charge in [-0.15, -0.1) is 11.3 Å². The molecule has 0 spiro atoms. The van der Waals surface area contributed by atoms with Gasteiger partial charge in [0.2, 0.25) is 5.71 Å². The zero-order valence-corrected chi connectivity index (χ0v) is 11.8. The Hall–Kier alpha value is -3.01. The van der Waals surface area contributed by atoms with Gasteiger partial charge < -0.3 is 15.7 Å². The molecule has 1 heterocycles. The normalized spacial score (nSPS) is 11.2. The summed E-state index contributed by atoms with van der Waals surface area (Å²) in [6.07, 6.45) is 0. The number of oxime groups is 1. The van der Waals surface area contributed by atoms with E-state index in [2.05, 4.69) is 10.1 Å². The van der Waals surface area contributed by atoms with Crippen LogP contribution in [0, 0.1) is 10.1 Å². The Balaban J connectivity index is 2.01. The molecular formula is C12H10N4O5S. The van der Waals surface area contributed by atoms with Gasteiger partial charge in [-0.2, -0.15) is 0 Å². The molecule has 0 fully saturated rings. The Morgan fingerprint density at radius 3 is 2.64 bits per heavy atom. The van der Waals surface area contributed by atoms with Crippen molar-refractivity contribution in [2.24, 2.45) is 5.16 Å². The number of nitro groups is 1. The van der Waals surface area contributed by atoms with Gasteiger partial charge in [-0.25, -0.2) is 9.78 Å². The second kappa shape index (κ2) is 6.63. The number of esters is 1. The van der Waals surface area contributed by atoms with Gasteiger partial charge in [-0.3, -0.25) is 10.1 Å². The second-order valence-corrected chi connectivity index (χ2v) is 4.91. The third-order valence-electron chi connectivity index (χ3n) is 2.58. The quantitative estimate of drug-likeness (QED) is 0.280. The monoisotopic (exact) mass is 322 g/mol. The van der Waals surface area contributed by atoms with E-state index < -0.39 is 10.9 Å². The number of nitrogen functional groups attached to an aromatic ring is 1. The van der Waals surface area contributed by atoms with E-state index in [1.165, 1.54) is 29.6 Å². The van der Waals surface area contributed by atoms with Crippen LogP contribution in [0.25, 0.3) is 0 Å². The first-order chi connectivity index (χ1) is 10.5. The molecule has 2 aromatic rings. The number of anilines is 1. The molecule has 0 bridgehead atoms. The number of aromatic nitrogens is 1. The second-order valence-electron chi connectivity index (χ2n) is 4.02. The summed E-state index contributed by atoms with van der Waals surface area (Å²) in [6, 6.07) is 5.51. The summed E-state index contributed by atoms with van der Waals surface area (Å²) >= 11 is 1.09. The molecule has 0 unspecified atom stereocenters. The molecule has 0 aliphatic rings. The zero-order valence-electron chi connectivity index (χ0n) is 11.0. The van der Waals surface area contributed by atoms with E-state index in [9.17, 15) is 14.9 Å². The zero-order chi connectivity index (χ0) is 16.1. The largest absolute Gasteiger partial charge is 0.456 e. The van der Waals surface area contributed by atoms with Gasteiger partial charge in [0.15, 0.2) is 5.13 Å². The van der Waals surface area contributed by atoms with Crippen LogP contribution in [0.1, 0.15) is 11.3 Å². The number of carbonyl (C=O) groups excluding carboxylic acids is 1.